The summed E-state index contributed by atoms with van der Waals surface area (Å²) in [5, 5.41) is 2.79. The van der Waals surface area contributed by atoms with Gasteiger partial charge in [-0.15, -0.1) is 0 Å². The van der Waals surface area contributed by atoms with Crippen LogP contribution in [0.4, 0.5) is 0 Å². The van der Waals surface area contributed by atoms with Gasteiger partial charge in [0.05, 0.1) is 20.5 Å². The lowest BCUT2D eigenvalue weighted by molar-refractivity contribution is -0.131. The SMILES string of the molecule is COc1ccc(CCN(C)C(=O)[C@H](CCSC)NC(=O)c2ccco2)cc1OC. The molecule has 1 heterocycles. The van der Waals surface area contributed by atoms with Crippen LogP contribution in [-0.4, -0.2) is 62.6 Å². The lowest BCUT2D eigenvalue weighted by atomic mass is 10.1. The van der Waals surface area contributed by atoms with Crippen molar-refractivity contribution in [2.24, 2.45) is 0 Å². The maximum atomic E-state index is 12.9. The van der Waals surface area contributed by atoms with Crippen LogP contribution >= 0.6 is 11.8 Å². The number of hydrogen-bond acceptors (Lipinski definition) is 6. The van der Waals surface area contributed by atoms with Gasteiger partial charge in [-0.05, 0) is 54.7 Å². The van der Waals surface area contributed by atoms with E-state index >= 15 is 0 Å². The topological polar surface area (TPSA) is 81.0 Å². The number of carbonyl (C=O) groups is 2. The Morgan fingerprint density at radius 1 is 1.21 bits per heavy atom. The molecular weight excluding hydrogens is 392 g/mol. The van der Waals surface area contributed by atoms with E-state index in [0.717, 1.165) is 11.3 Å². The zero-order chi connectivity index (χ0) is 21.2. The van der Waals surface area contributed by atoms with Crippen molar-refractivity contribution >= 4 is 23.6 Å². The number of ether oxygens (including phenoxy) is 2. The van der Waals surface area contributed by atoms with E-state index < -0.39 is 6.04 Å². The maximum absolute atomic E-state index is 12.9. The van der Waals surface area contributed by atoms with Crippen LogP contribution in [0.1, 0.15) is 22.5 Å². The van der Waals surface area contributed by atoms with E-state index in [-0.39, 0.29) is 17.6 Å². The van der Waals surface area contributed by atoms with Crippen LogP contribution in [0.15, 0.2) is 41.0 Å². The van der Waals surface area contributed by atoms with E-state index in [9.17, 15) is 9.59 Å². The Labute approximate surface area is 175 Å². The monoisotopic (exact) mass is 420 g/mol. The lowest BCUT2D eigenvalue weighted by Gasteiger charge is -2.24. The molecule has 2 amide bonds. The second kappa shape index (κ2) is 11.4. The van der Waals surface area contributed by atoms with E-state index in [0.29, 0.717) is 30.9 Å². The number of hydrogen-bond donors (Lipinski definition) is 1. The summed E-state index contributed by atoms with van der Waals surface area (Å²) in [6.07, 6.45) is 4.61. The van der Waals surface area contributed by atoms with Crippen molar-refractivity contribution in [1.29, 1.82) is 0 Å². The van der Waals surface area contributed by atoms with Crippen LogP contribution < -0.4 is 14.8 Å². The molecule has 0 aliphatic heterocycles. The number of carbonyl (C=O) groups excluding carboxylic acids is 2. The minimum absolute atomic E-state index is 0.126. The summed E-state index contributed by atoms with van der Waals surface area (Å²) in [4.78, 5) is 26.9. The van der Waals surface area contributed by atoms with Crippen molar-refractivity contribution in [3.05, 3.63) is 47.9 Å². The van der Waals surface area contributed by atoms with Gasteiger partial charge in [-0.25, -0.2) is 0 Å². The highest BCUT2D eigenvalue weighted by Gasteiger charge is 2.25. The molecule has 8 heteroatoms. The molecule has 1 N–H and O–H groups in total. The zero-order valence-electron chi connectivity index (χ0n) is 17.3. The molecule has 0 saturated carbocycles. The van der Waals surface area contributed by atoms with Gasteiger partial charge in [0.1, 0.15) is 6.04 Å². The molecule has 2 rings (SSSR count). The van der Waals surface area contributed by atoms with Gasteiger partial charge in [-0.1, -0.05) is 6.07 Å². The Morgan fingerprint density at radius 2 is 1.97 bits per heavy atom. The van der Waals surface area contributed by atoms with E-state index in [2.05, 4.69) is 5.32 Å². The van der Waals surface area contributed by atoms with Crippen LogP contribution in [0.25, 0.3) is 0 Å². The van der Waals surface area contributed by atoms with Crippen LogP contribution in [-0.2, 0) is 11.2 Å². The Kier molecular flexibility index (Phi) is 8.92. The minimum atomic E-state index is -0.601. The predicted molar refractivity (Wildman–Crippen MR) is 114 cm³/mol. The first-order valence-corrected chi connectivity index (χ1v) is 10.7. The number of likely N-dealkylation sites (N-methyl/N-ethyl adjacent to an activating group) is 1. The zero-order valence-corrected chi connectivity index (χ0v) is 18.1. The molecule has 1 aromatic carbocycles. The highest BCUT2D eigenvalue weighted by Crippen LogP contribution is 2.27. The third-order valence-electron chi connectivity index (χ3n) is 4.52. The second-order valence-corrected chi connectivity index (χ2v) is 7.47. The van der Waals surface area contributed by atoms with Crippen molar-refractivity contribution in [3.63, 3.8) is 0 Å². The summed E-state index contributed by atoms with van der Waals surface area (Å²) in [5.74, 6) is 1.77. The molecule has 0 unspecified atom stereocenters. The van der Waals surface area contributed by atoms with Crippen LogP contribution in [0.2, 0.25) is 0 Å². The third-order valence-corrected chi connectivity index (χ3v) is 5.16. The molecule has 0 aliphatic rings. The number of furan rings is 1. The van der Waals surface area contributed by atoms with Crippen LogP contribution in [0, 0.1) is 0 Å². The van der Waals surface area contributed by atoms with Crippen molar-refractivity contribution in [1.82, 2.24) is 10.2 Å². The highest BCUT2D eigenvalue weighted by atomic mass is 32.2. The van der Waals surface area contributed by atoms with Crippen molar-refractivity contribution < 1.29 is 23.5 Å². The van der Waals surface area contributed by atoms with E-state index in [1.165, 1.54) is 6.26 Å². The summed E-state index contributed by atoms with van der Waals surface area (Å²) in [6, 6.07) is 8.32. The number of methoxy groups -OCH3 is 2. The average Bonchev–Trinajstić information content (AvgIpc) is 3.29. The number of amides is 2. The van der Waals surface area contributed by atoms with Gasteiger partial charge in [-0.3, -0.25) is 9.59 Å². The van der Waals surface area contributed by atoms with E-state index in [1.54, 1.807) is 50.1 Å². The molecule has 0 radical (unpaired) electrons. The molecule has 0 spiro atoms. The largest absolute Gasteiger partial charge is 0.493 e. The lowest BCUT2D eigenvalue weighted by Crippen LogP contribution is -2.48. The molecular formula is C21H28N2O5S. The fourth-order valence-corrected chi connectivity index (χ4v) is 3.31. The van der Waals surface area contributed by atoms with Crippen molar-refractivity contribution in [3.8, 4) is 11.5 Å². The second-order valence-electron chi connectivity index (χ2n) is 6.48. The molecule has 0 bridgehead atoms. The quantitative estimate of drug-likeness (QED) is 0.602. The fourth-order valence-electron chi connectivity index (χ4n) is 2.84. The molecule has 0 saturated heterocycles. The van der Waals surface area contributed by atoms with Crippen molar-refractivity contribution in [2.75, 3.05) is 39.8 Å². The predicted octanol–water partition coefficient (Wildman–Crippen LogP) is 2.85. The Morgan fingerprint density at radius 3 is 2.59 bits per heavy atom. The smallest absolute Gasteiger partial charge is 0.287 e. The van der Waals surface area contributed by atoms with Gasteiger partial charge in [0, 0.05) is 13.6 Å². The highest BCUT2D eigenvalue weighted by molar-refractivity contribution is 7.98. The molecule has 29 heavy (non-hydrogen) atoms. The summed E-state index contributed by atoms with van der Waals surface area (Å²) >= 11 is 1.63. The first-order chi connectivity index (χ1) is 14.0. The number of benzene rings is 1. The molecule has 0 aliphatic carbocycles. The molecule has 1 aromatic heterocycles. The van der Waals surface area contributed by atoms with Crippen molar-refractivity contribution in [2.45, 2.75) is 18.9 Å². The van der Waals surface area contributed by atoms with E-state index in [4.69, 9.17) is 13.9 Å². The number of rotatable bonds is 11. The summed E-state index contributed by atoms with van der Waals surface area (Å²) in [6.45, 7) is 0.515. The fraction of sp³-hybridized carbons (Fsp3) is 0.429. The molecule has 2 aromatic rings. The molecule has 158 valence electrons. The minimum Gasteiger partial charge on any atom is -0.493 e. The standard InChI is InChI=1S/C21H28N2O5S/c1-23(11-9-15-7-8-17(26-2)19(14-15)27-3)21(25)16(10-13-29-4)22-20(24)18-6-5-12-28-18/h5-8,12,14,16H,9-11,13H2,1-4H3,(H,22,24)/t16-/m0/s1. The first kappa shape index (κ1) is 22.7. The number of thioether (sulfide) groups is 1. The van der Waals surface area contributed by atoms with Gasteiger partial charge in [0.25, 0.3) is 5.91 Å². The Balaban J connectivity index is 1.99. The molecule has 0 fully saturated rings. The summed E-state index contributed by atoms with van der Waals surface area (Å²) in [7, 11) is 4.93. The van der Waals surface area contributed by atoms with Crippen LogP contribution in [0.5, 0.6) is 11.5 Å². The van der Waals surface area contributed by atoms with Gasteiger partial charge in [0.2, 0.25) is 5.91 Å². The molecule has 1 atom stereocenters. The maximum Gasteiger partial charge on any atom is 0.287 e. The van der Waals surface area contributed by atoms with Gasteiger partial charge in [0.15, 0.2) is 17.3 Å². The molecule has 7 nitrogen and oxygen atoms in total. The van der Waals surface area contributed by atoms with Gasteiger partial charge >= 0.3 is 0 Å². The summed E-state index contributed by atoms with van der Waals surface area (Å²) < 4.78 is 15.7. The van der Waals surface area contributed by atoms with Gasteiger partial charge < -0.3 is 24.1 Å². The van der Waals surface area contributed by atoms with Crippen LogP contribution in [0.3, 0.4) is 0 Å². The van der Waals surface area contributed by atoms with Gasteiger partial charge in [-0.2, -0.15) is 11.8 Å². The first-order valence-electron chi connectivity index (χ1n) is 9.29. The Bertz CT molecular complexity index is 794. The Hall–Kier alpha value is -2.61. The average molecular weight is 421 g/mol. The third kappa shape index (κ3) is 6.45. The number of nitrogens with one attached hydrogen (secondary N) is 1. The normalized spacial score (nSPS) is 11.6. The number of nitrogens with zero attached hydrogens (tertiary/aromatic N) is 1. The summed E-state index contributed by atoms with van der Waals surface area (Å²) in [5.41, 5.74) is 1.03. The van der Waals surface area contributed by atoms with E-state index in [1.807, 2.05) is 24.5 Å².